The predicted octanol–water partition coefficient (Wildman–Crippen LogP) is 3.80. The summed E-state index contributed by atoms with van der Waals surface area (Å²) in [6.45, 7) is 4.38. The zero-order chi connectivity index (χ0) is 25.8. The van der Waals surface area contributed by atoms with Crippen LogP contribution in [0.3, 0.4) is 0 Å². The molecule has 1 aromatic heterocycles. The third kappa shape index (κ3) is 4.38. The number of ketones is 1. The van der Waals surface area contributed by atoms with Gasteiger partial charge in [0.05, 0.1) is 12.8 Å². The molecule has 3 aliphatic rings. The molecule has 2 aliphatic carbocycles. The van der Waals surface area contributed by atoms with Gasteiger partial charge in [-0.1, -0.05) is 19.9 Å². The van der Waals surface area contributed by atoms with Gasteiger partial charge in [0.2, 0.25) is 11.8 Å². The maximum Gasteiger partial charge on any atom is 0.303 e. The van der Waals surface area contributed by atoms with Crippen LogP contribution >= 0.6 is 0 Å². The number of carboxylic acids is 1. The lowest BCUT2D eigenvalue weighted by molar-refractivity contribution is -0.142. The van der Waals surface area contributed by atoms with Gasteiger partial charge in [-0.15, -0.1) is 0 Å². The topological polar surface area (TPSA) is 96.8 Å². The van der Waals surface area contributed by atoms with Crippen molar-refractivity contribution in [2.24, 2.45) is 11.8 Å². The molecular weight excluding hydrogens is 463 g/mol. The molecule has 1 saturated carbocycles. The van der Waals surface area contributed by atoms with Crippen LogP contribution in [-0.4, -0.2) is 46.3 Å². The van der Waals surface area contributed by atoms with Gasteiger partial charge in [0.15, 0.2) is 5.78 Å². The summed E-state index contributed by atoms with van der Waals surface area (Å²) in [6, 6.07) is 5.98. The first-order valence-corrected chi connectivity index (χ1v) is 12.5. The molecule has 1 aliphatic heterocycles. The highest BCUT2D eigenvalue weighted by molar-refractivity contribution is 5.93. The van der Waals surface area contributed by atoms with E-state index in [9.17, 15) is 14.4 Å². The normalized spacial score (nSPS) is 23.6. The zero-order valence-corrected chi connectivity index (χ0v) is 20.8. The molecule has 2 heterocycles. The van der Waals surface area contributed by atoms with E-state index in [2.05, 4.69) is 4.98 Å². The fourth-order valence-electron chi connectivity index (χ4n) is 6.03. The number of hydrogen-bond donors (Lipinski definition) is 1. The molecule has 1 N–H and O–H groups in total. The maximum atomic E-state index is 15.1. The Labute approximate surface area is 209 Å². The molecule has 5 rings (SSSR count). The summed E-state index contributed by atoms with van der Waals surface area (Å²) in [6.07, 6.45) is 2.57. The minimum absolute atomic E-state index is 0.00618. The van der Waals surface area contributed by atoms with E-state index in [0.29, 0.717) is 42.1 Å². The second-order valence-corrected chi connectivity index (χ2v) is 10.9. The summed E-state index contributed by atoms with van der Waals surface area (Å²) in [5.74, 6) is -1.75. The van der Waals surface area contributed by atoms with Crippen LogP contribution < -0.4 is 4.74 Å². The molecular formula is C28H31FN2O5. The van der Waals surface area contributed by atoms with E-state index < -0.39 is 12.0 Å². The summed E-state index contributed by atoms with van der Waals surface area (Å²) in [5, 5.41) is 9.11. The number of carbonyl (C=O) groups excluding carboxylic acids is 2. The molecule has 2 aromatic rings. The second kappa shape index (κ2) is 8.98. The highest BCUT2D eigenvalue weighted by Crippen LogP contribution is 2.45. The maximum absolute atomic E-state index is 15.1. The molecule has 1 amide bonds. The first-order chi connectivity index (χ1) is 17.1. The van der Waals surface area contributed by atoms with E-state index >= 15 is 4.39 Å². The first-order valence-electron chi connectivity index (χ1n) is 12.5. The Kier molecular flexibility index (Phi) is 6.09. The van der Waals surface area contributed by atoms with Gasteiger partial charge in [-0.05, 0) is 59.4 Å². The molecule has 3 atom stereocenters. The Bertz CT molecular complexity index is 1260. The Balaban J connectivity index is 1.45. The van der Waals surface area contributed by atoms with Crippen molar-refractivity contribution in [3.05, 3.63) is 58.0 Å². The van der Waals surface area contributed by atoms with Crippen LogP contribution in [0.2, 0.25) is 0 Å². The summed E-state index contributed by atoms with van der Waals surface area (Å²) >= 11 is 0. The van der Waals surface area contributed by atoms with E-state index in [1.54, 1.807) is 17.0 Å². The number of rotatable bonds is 7. The number of aromatic nitrogens is 1. The average molecular weight is 495 g/mol. The van der Waals surface area contributed by atoms with Crippen molar-refractivity contribution in [1.29, 1.82) is 0 Å². The van der Waals surface area contributed by atoms with Gasteiger partial charge in [-0.2, -0.15) is 0 Å². The number of aryl methyl sites for hydroxylation is 1. The second-order valence-electron chi connectivity index (χ2n) is 10.9. The van der Waals surface area contributed by atoms with Crippen molar-refractivity contribution >= 4 is 17.7 Å². The number of carbonyl (C=O) groups is 3. The molecule has 0 bridgehead atoms. The molecule has 0 saturated heterocycles. The number of pyridine rings is 1. The average Bonchev–Trinajstić information content (AvgIpc) is 3.51. The van der Waals surface area contributed by atoms with Gasteiger partial charge < -0.3 is 14.7 Å². The van der Waals surface area contributed by atoms with Crippen molar-refractivity contribution in [3.63, 3.8) is 0 Å². The van der Waals surface area contributed by atoms with Gasteiger partial charge in [0, 0.05) is 43.4 Å². The van der Waals surface area contributed by atoms with E-state index in [0.717, 1.165) is 24.0 Å². The highest BCUT2D eigenvalue weighted by atomic mass is 19.1. The summed E-state index contributed by atoms with van der Waals surface area (Å²) in [5.41, 5.74) is 3.41. The van der Waals surface area contributed by atoms with E-state index in [-0.39, 0.29) is 47.6 Å². The fraction of sp³-hybridized carbons (Fsp3) is 0.500. The van der Waals surface area contributed by atoms with Gasteiger partial charge in [0.25, 0.3) is 0 Å². The van der Waals surface area contributed by atoms with Crippen LogP contribution in [0.5, 0.6) is 5.88 Å². The van der Waals surface area contributed by atoms with E-state index in [1.165, 1.54) is 13.2 Å². The number of hydrogen-bond acceptors (Lipinski definition) is 5. The van der Waals surface area contributed by atoms with Gasteiger partial charge in [-0.3, -0.25) is 14.4 Å². The number of aliphatic carboxylic acids is 1. The van der Waals surface area contributed by atoms with E-state index in [4.69, 9.17) is 9.84 Å². The number of Topliss-reactive ketones (excluding diaryl/α,β-unsaturated/α-hetero) is 1. The third-order valence-corrected chi connectivity index (χ3v) is 7.96. The molecule has 36 heavy (non-hydrogen) atoms. The van der Waals surface area contributed by atoms with Crippen molar-refractivity contribution in [1.82, 2.24) is 9.88 Å². The summed E-state index contributed by atoms with van der Waals surface area (Å²) < 4.78 is 20.3. The first kappa shape index (κ1) is 24.4. The lowest BCUT2D eigenvalue weighted by Gasteiger charge is -2.36. The largest absolute Gasteiger partial charge is 0.481 e. The molecule has 1 unspecified atom stereocenters. The Morgan fingerprint density at radius 3 is 2.72 bits per heavy atom. The molecule has 190 valence electrons. The van der Waals surface area contributed by atoms with Crippen LogP contribution in [-0.2, 0) is 39.1 Å². The molecule has 0 spiro atoms. The molecule has 7 nitrogen and oxygen atoms in total. The smallest absolute Gasteiger partial charge is 0.303 e. The fourth-order valence-corrected chi connectivity index (χ4v) is 6.03. The summed E-state index contributed by atoms with van der Waals surface area (Å²) in [7, 11) is 1.52. The minimum Gasteiger partial charge on any atom is -0.481 e. The number of methoxy groups -OCH3 is 1. The number of ether oxygens (including phenoxy) is 1. The quantitative estimate of drug-likeness (QED) is 0.629. The third-order valence-electron chi connectivity index (χ3n) is 7.96. The lowest BCUT2D eigenvalue weighted by atomic mass is 9.85. The number of fused-ring (bicyclic) bond motifs is 2. The van der Waals surface area contributed by atoms with Crippen LogP contribution in [0.1, 0.15) is 67.1 Å². The highest BCUT2D eigenvalue weighted by Gasteiger charge is 2.49. The number of benzene rings is 1. The molecule has 1 aromatic carbocycles. The predicted molar refractivity (Wildman–Crippen MR) is 129 cm³/mol. The van der Waals surface area contributed by atoms with Gasteiger partial charge >= 0.3 is 5.97 Å². The van der Waals surface area contributed by atoms with Gasteiger partial charge in [0.1, 0.15) is 11.9 Å². The molecule has 8 heteroatoms. The number of nitrogens with zero attached hydrogens (tertiary/aromatic N) is 2. The minimum atomic E-state index is -0.926. The van der Waals surface area contributed by atoms with Crippen LogP contribution in [0.25, 0.3) is 0 Å². The monoisotopic (exact) mass is 494 g/mol. The SMILES string of the molecule is COc1ccc2c(n1)CCN(C(=O)[C@@H]1C[C@H]1CC(=O)O)C2C(=O)Cc1cc(F)c2c(c1)CCC2(C)C. The summed E-state index contributed by atoms with van der Waals surface area (Å²) in [4.78, 5) is 44.4. The van der Waals surface area contributed by atoms with Crippen LogP contribution in [0.4, 0.5) is 4.39 Å². The van der Waals surface area contributed by atoms with Crippen molar-refractivity contribution < 1.29 is 28.6 Å². The zero-order valence-electron chi connectivity index (χ0n) is 20.8. The number of halogens is 1. The van der Waals surface area contributed by atoms with Gasteiger partial charge in [-0.25, -0.2) is 9.37 Å². The van der Waals surface area contributed by atoms with Crippen LogP contribution in [0.15, 0.2) is 24.3 Å². The van der Waals surface area contributed by atoms with Crippen molar-refractivity contribution in [3.8, 4) is 5.88 Å². The molecule has 1 fully saturated rings. The Morgan fingerprint density at radius 2 is 2.00 bits per heavy atom. The Morgan fingerprint density at radius 1 is 1.22 bits per heavy atom. The number of amides is 1. The standard InChI is InChI=1S/C28H31FN2O5/c1-28(2)8-6-16-10-15(11-20(29)25(16)28)12-22(32)26-18-4-5-23(36-3)30-21(18)7-9-31(26)27(35)19-13-17(19)14-24(33)34/h4-5,10-11,17,19,26H,6-9,12-14H2,1-3H3,(H,33,34)/t17-,19+,26?/m0/s1. The van der Waals surface area contributed by atoms with Crippen molar-refractivity contribution in [2.45, 2.75) is 63.8 Å². The van der Waals surface area contributed by atoms with Crippen molar-refractivity contribution in [2.75, 3.05) is 13.7 Å². The lowest BCUT2D eigenvalue weighted by Crippen LogP contribution is -2.45. The molecule has 0 radical (unpaired) electrons. The number of carboxylic acid groups (broad SMARTS) is 1. The van der Waals surface area contributed by atoms with Crippen LogP contribution in [0, 0.1) is 17.7 Å². The van der Waals surface area contributed by atoms with E-state index in [1.807, 2.05) is 19.9 Å². The Hall–Kier alpha value is -3.29.